The molecule has 1 amide bonds. The third-order valence-corrected chi connectivity index (χ3v) is 5.17. The van der Waals surface area contributed by atoms with Gasteiger partial charge in [0, 0.05) is 35.0 Å². The molecule has 0 radical (unpaired) electrons. The molecule has 0 aromatic heterocycles. The number of aliphatic hydroxyl groups is 1. The van der Waals surface area contributed by atoms with E-state index < -0.39 is 12.1 Å². The van der Waals surface area contributed by atoms with E-state index >= 15 is 0 Å². The molecule has 6 nitrogen and oxygen atoms in total. The molecule has 0 fully saturated rings. The second-order valence-electron chi connectivity index (χ2n) is 6.65. The lowest BCUT2D eigenvalue weighted by Crippen LogP contribution is -2.45. The van der Waals surface area contributed by atoms with Crippen molar-refractivity contribution < 1.29 is 9.90 Å². The lowest BCUT2D eigenvalue weighted by molar-refractivity contribution is -0.124. The molecule has 3 atom stereocenters. The lowest BCUT2D eigenvalue weighted by atomic mass is 9.98. The fraction of sp³-hybridized carbons (Fsp3) is 0.421. The minimum absolute atomic E-state index is 0.0255. The van der Waals surface area contributed by atoms with E-state index in [0.29, 0.717) is 22.7 Å². The molecule has 2 aliphatic heterocycles. The van der Waals surface area contributed by atoms with Crippen LogP contribution in [0.5, 0.6) is 0 Å². The van der Waals surface area contributed by atoms with Gasteiger partial charge < -0.3 is 10.4 Å². The third-order valence-electron chi connectivity index (χ3n) is 4.80. The number of hydrogen-bond donors (Lipinski definition) is 2. The number of fused-ring (bicyclic) bond motifs is 1. The van der Waals surface area contributed by atoms with Gasteiger partial charge in [-0.25, -0.2) is 5.01 Å². The molecule has 138 valence electrons. The molecule has 0 aliphatic carbocycles. The van der Waals surface area contributed by atoms with Crippen LogP contribution < -0.4 is 5.32 Å². The Hall–Kier alpha value is -2.34. The van der Waals surface area contributed by atoms with Crippen molar-refractivity contribution in [2.45, 2.75) is 45.8 Å². The number of allylic oxidation sites excluding steroid dienone is 1. The van der Waals surface area contributed by atoms with Crippen molar-refractivity contribution in [2.24, 2.45) is 16.0 Å². The van der Waals surface area contributed by atoms with Crippen LogP contribution in [0.2, 0.25) is 5.02 Å². The van der Waals surface area contributed by atoms with Crippen LogP contribution in [0.4, 0.5) is 0 Å². The van der Waals surface area contributed by atoms with E-state index in [9.17, 15) is 9.90 Å². The molecule has 2 heterocycles. The number of hydrogen-bond acceptors (Lipinski definition) is 5. The third kappa shape index (κ3) is 3.46. The zero-order valence-electron chi connectivity index (χ0n) is 15.1. The highest BCUT2D eigenvalue weighted by atomic mass is 35.5. The number of aliphatic hydroxyl groups excluding tert-OH is 1. The predicted molar refractivity (Wildman–Crippen MR) is 103 cm³/mol. The minimum atomic E-state index is -0.547. The molecule has 1 aromatic carbocycles. The molecule has 3 rings (SSSR count). The summed E-state index contributed by atoms with van der Waals surface area (Å²) in [6, 6.07) is 7.58. The highest BCUT2D eigenvalue weighted by Gasteiger charge is 2.41. The number of carbonyl (C=O) groups is 1. The van der Waals surface area contributed by atoms with Gasteiger partial charge in [-0.3, -0.25) is 9.79 Å². The Morgan fingerprint density at radius 2 is 2.15 bits per heavy atom. The van der Waals surface area contributed by atoms with Crippen LogP contribution in [-0.4, -0.2) is 40.2 Å². The average Bonchev–Trinajstić information content (AvgIpc) is 3.03. The summed E-state index contributed by atoms with van der Waals surface area (Å²) in [5.41, 5.74) is 2.25. The zero-order chi connectivity index (χ0) is 18.8. The summed E-state index contributed by atoms with van der Waals surface area (Å²) in [4.78, 5) is 17.1. The summed E-state index contributed by atoms with van der Waals surface area (Å²) >= 11 is 6.24. The average molecular weight is 375 g/mol. The van der Waals surface area contributed by atoms with E-state index in [0.717, 1.165) is 12.0 Å². The summed E-state index contributed by atoms with van der Waals surface area (Å²) in [5.74, 6) is -0.630. The summed E-state index contributed by atoms with van der Waals surface area (Å²) in [6.07, 6.45) is 2.30. The number of nitrogens with one attached hydrogen (secondary N) is 1. The first kappa shape index (κ1) is 18.5. The van der Waals surface area contributed by atoms with E-state index in [4.69, 9.17) is 11.6 Å². The Balaban J connectivity index is 1.82. The number of amides is 1. The first-order valence-electron chi connectivity index (χ1n) is 8.76. The summed E-state index contributed by atoms with van der Waals surface area (Å²) in [5, 5.41) is 20.0. The van der Waals surface area contributed by atoms with Crippen molar-refractivity contribution in [1.82, 2.24) is 10.3 Å². The van der Waals surface area contributed by atoms with Crippen molar-refractivity contribution in [3.05, 3.63) is 46.3 Å². The standard InChI is InChI=1S/C19H23ClN4O2/c1-4-11(2)22-18(25)15-10-21-24-17(15)23-12(3)14(19(24)26)9-13-7-5-6-8-16(13)20/h5-8,10-11,15,17,26H,4,9H2,1-3H3,(H,22,25). The molecule has 2 N–H and O–H groups in total. The van der Waals surface area contributed by atoms with Gasteiger partial charge in [0.15, 0.2) is 6.17 Å². The quantitative estimate of drug-likeness (QED) is 0.830. The molecule has 7 heteroatoms. The van der Waals surface area contributed by atoms with Crippen LogP contribution >= 0.6 is 11.6 Å². The van der Waals surface area contributed by atoms with Crippen molar-refractivity contribution in [3.8, 4) is 0 Å². The number of halogens is 1. The zero-order valence-corrected chi connectivity index (χ0v) is 15.9. The number of nitrogens with zero attached hydrogens (tertiary/aromatic N) is 3. The predicted octanol–water partition coefficient (Wildman–Crippen LogP) is 3.29. The smallest absolute Gasteiger partial charge is 0.232 e. The maximum Gasteiger partial charge on any atom is 0.232 e. The number of benzene rings is 1. The van der Waals surface area contributed by atoms with Gasteiger partial charge in [-0.1, -0.05) is 36.7 Å². The van der Waals surface area contributed by atoms with E-state index in [1.54, 1.807) is 6.21 Å². The Kier molecular flexibility index (Phi) is 5.32. The second kappa shape index (κ2) is 7.50. The fourth-order valence-electron chi connectivity index (χ4n) is 3.02. The molecule has 2 aliphatic rings. The van der Waals surface area contributed by atoms with Gasteiger partial charge in [0.05, 0.1) is 0 Å². The van der Waals surface area contributed by atoms with Gasteiger partial charge in [0.2, 0.25) is 11.8 Å². The van der Waals surface area contributed by atoms with Crippen molar-refractivity contribution in [2.75, 3.05) is 0 Å². The minimum Gasteiger partial charge on any atom is -0.493 e. The summed E-state index contributed by atoms with van der Waals surface area (Å²) in [6.45, 7) is 5.80. The van der Waals surface area contributed by atoms with Crippen LogP contribution in [0.15, 0.2) is 45.8 Å². The highest BCUT2D eigenvalue weighted by molar-refractivity contribution is 6.31. The monoisotopic (exact) mass is 374 g/mol. The fourth-order valence-corrected chi connectivity index (χ4v) is 3.22. The van der Waals surface area contributed by atoms with Gasteiger partial charge in [-0.2, -0.15) is 5.10 Å². The van der Waals surface area contributed by atoms with Gasteiger partial charge in [-0.15, -0.1) is 0 Å². The normalized spacial score (nSPS) is 22.9. The SMILES string of the molecule is CCC(C)NC(=O)C1C=NN2C(O)=C(Cc3ccccc3Cl)C(C)=NC12. The van der Waals surface area contributed by atoms with E-state index in [1.807, 2.05) is 45.0 Å². The van der Waals surface area contributed by atoms with Crippen LogP contribution in [-0.2, 0) is 11.2 Å². The maximum absolute atomic E-state index is 12.5. The molecular formula is C19H23ClN4O2. The van der Waals surface area contributed by atoms with Crippen molar-refractivity contribution in [1.29, 1.82) is 0 Å². The van der Waals surface area contributed by atoms with Gasteiger partial charge in [-0.05, 0) is 31.9 Å². The molecule has 3 unspecified atom stereocenters. The van der Waals surface area contributed by atoms with Gasteiger partial charge in [0.25, 0.3) is 0 Å². The van der Waals surface area contributed by atoms with Crippen LogP contribution in [0, 0.1) is 5.92 Å². The Bertz CT molecular complexity index is 802. The molecule has 0 spiro atoms. The first-order valence-corrected chi connectivity index (χ1v) is 9.14. The van der Waals surface area contributed by atoms with Crippen molar-refractivity contribution in [3.63, 3.8) is 0 Å². The second-order valence-corrected chi connectivity index (χ2v) is 7.06. The van der Waals surface area contributed by atoms with E-state index in [-0.39, 0.29) is 17.8 Å². The summed E-state index contributed by atoms with van der Waals surface area (Å²) < 4.78 is 0. The Morgan fingerprint density at radius 3 is 2.85 bits per heavy atom. The topological polar surface area (TPSA) is 77.3 Å². The van der Waals surface area contributed by atoms with Gasteiger partial charge >= 0.3 is 0 Å². The van der Waals surface area contributed by atoms with Crippen LogP contribution in [0.1, 0.15) is 32.8 Å². The molecule has 0 saturated carbocycles. The number of carbonyl (C=O) groups excluding carboxylic acids is 1. The lowest BCUT2D eigenvalue weighted by Gasteiger charge is -2.30. The number of aliphatic imine (C=N–C) groups is 1. The molecular weight excluding hydrogens is 352 g/mol. The Morgan fingerprint density at radius 1 is 1.42 bits per heavy atom. The van der Waals surface area contributed by atoms with Gasteiger partial charge in [0.1, 0.15) is 5.92 Å². The number of rotatable bonds is 5. The van der Waals surface area contributed by atoms with Crippen molar-refractivity contribution >= 4 is 29.4 Å². The summed E-state index contributed by atoms with van der Waals surface area (Å²) in [7, 11) is 0. The Labute approximate surface area is 158 Å². The largest absolute Gasteiger partial charge is 0.493 e. The first-order chi connectivity index (χ1) is 12.4. The molecule has 1 aromatic rings. The van der Waals surface area contributed by atoms with Crippen LogP contribution in [0.25, 0.3) is 0 Å². The maximum atomic E-state index is 12.5. The van der Waals surface area contributed by atoms with E-state index in [1.165, 1.54) is 5.01 Å². The number of hydrazone groups is 1. The molecule has 26 heavy (non-hydrogen) atoms. The highest BCUT2D eigenvalue weighted by Crippen LogP contribution is 2.31. The molecule has 0 saturated heterocycles. The van der Waals surface area contributed by atoms with E-state index in [2.05, 4.69) is 15.4 Å². The molecule has 0 bridgehead atoms. The van der Waals surface area contributed by atoms with Crippen LogP contribution in [0.3, 0.4) is 0 Å².